The summed E-state index contributed by atoms with van der Waals surface area (Å²) in [6, 6.07) is 57.1. The van der Waals surface area contributed by atoms with Gasteiger partial charge in [0.25, 0.3) is 0 Å². The number of halogens is 2. The summed E-state index contributed by atoms with van der Waals surface area (Å²) >= 11 is 1.36. The van der Waals surface area contributed by atoms with Gasteiger partial charge in [0.05, 0.1) is 0 Å². The van der Waals surface area contributed by atoms with Crippen molar-refractivity contribution in [3.05, 3.63) is 169 Å². The fraction of sp³-hybridized carbons (Fsp3) is 0.0286. The van der Waals surface area contributed by atoms with E-state index >= 15 is 0 Å². The van der Waals surface area contributed by atoms with Gasteiger partial charge < -0.3 is 0 Å². The van der Waals surface area contributed by atoms with E-state index in [1.54, 1.807) is 0 Å². The smallest absolute Gasteiger partial charge is 0.0771 e. The molecule has 0 aliphatic carbocycles. The molecule has 0 aliphatic heterocycles. The molecule has 0 saturated carbocycles. The molecular formula is C35H30Cl2SiZr-4. The summed E-state index contributed by atoms with van der Waals surface area (Å²) in [4.78, 5) is 0. The summed E-state index contributed by atoms with van der Waals surface area (Å²) in [6.45, 7) is 5.19. The third-order valence-corrected chi connectivity index (χ3v) is 5.50. The summed E-state index contributed by atoms with van der Waals surface area (Å²) in [5.74, 6) is 0. The zero-order valence-electron chi connectivity index (χ0n) is 21.8. The quantitative estimate of drug-likeness (QED) is 0.114. The molecule has 7 rings (SSSR count). The summed E-state index contributed by atoms with van der Waals surface area (Å²) in [5, 5.41) is 8.09. The van der Waals surface area contributed by atoms with E-state index in [1.165, 1.54) is 61.2 Å². The van der Waals surface area contributed by atoms with E-state index in [0.29, 0.717) is 0 Å². The molecule has 0 fully saturated rings. The van der Waals surface area contributed by atoms with Crippen LogP contribution in [0.2, 0.25) is 0 Å². The largest absolute Gasteiger partial charge is 0.184 e. The van der Waals surface area contributed by atoms with Crippen molar-refractivity contribution in [1.82, 2.24) is 0 Å². The molecule has 4 heteroatoms. The van der Waals surface area contributed by atoms with E-state index in [4.69, 9.17) is 0 Å². The maximum atomic E-state index is 3.06. The zero-order chi connectivity index (χ0) is 26.1. The molecule has 0 unspecified atom stereocenters. The summed E-state index contributed by atoms with van der Waals surface area (Å²) < 4.78 is 0. The second kappa shape index (κ2) is 20.2. The van der Waals surface area contributed by atoms with Crippen molar-refractivity contribution in [3.8, 4) is 0 Å². The van der Waals surface area contributed by atoms with Crippen molar-refractivity contribution in [2.45, 2.75) is 6.92 Å². The SMILES string of the molecule is Cc1cc2ccccc2[cH-]1.Cl.Cl.[Si]=[Zr].[c-]1ccccc1.[c-]1ccccc1.c1ccc2c(c1)[cH-]c1ccccc12. The van der Waals surface area contributed by atoms with E-state index in [2.05, 4.69) is 117 Å². The minimum atomic E-state index is 0. The molecule has 0 saturated heterocycles. The third kappa shape index (κ3) is 11.5. The van der Waals surface area contributed by atoms with Crippen LogP contribution in [-0.2, 0) is 23.3 Å². The number of benzene rings is 5. The van der Waals surface area contributed by atoms with Crippen LogP contribution in [0.3, 0.4) is 0 Å². The standard InChI is InChI=1S/C13H9.C10H9.2C6H5.2ClH.Si.Zr/c1-3-7-12-10(5-1)9-11-6-2-4-8-13(11)12;1-8-6-9-4-2-3-5-10(9)7-8;2*1-2-4-6-5-3-1;;;;/h1-9H;2-7H,1H3;2*1-5H;2*1H;;/q4*-1;;;;. The van der Waals surface area contributed by atoms with E-state index in [0.717, 1.165) is 0 Å². The Balaban J connectivity index is 0.000000263. The van der Waals surface area contributed by atoms with Crippen LogP contribution < -0.4 is 0 Å². The van der Waals surface area contributed by atoms with Gasteiger partial charge in [0, 0.05) is 0 Å². The van der Waals surface area contributed by atoms with Crippen molar-refractivity contribution in [1.29, 1.82) is 0 Å². The summed E-state index contributed by atoms with van der Waals surface area (Å²) in [6.07, 6.45) is 0. The maximum absolute atomic E-state index is 3.06. The van der Waals surface area contributed by atoms with Crippen molar-refractivity contribution in [2.75, 3.05) is 0 Å². The van der Waals surface area contributed by atoms with E-state index in [9.17, 15) is 0 Å². The first kappa shape index (κ1) is 34.3. The molecule has 196 valence electrons. The normalized spacial score (nSPS) is 8.92. The summed E-state index contributed by atoms with van der Waals surface area (Å²) in [5.41, 5.74) is 1.35. The molecule has 7 aromatic rings. The predicted molar refractivity (Wildman–Crippen MR) is 172 cm³/mol. The van der Waals surface area contributed by atoms with E-state index < -0.39 is 0 Å². The molecular weight excluding hydrogens is 611 g/mol. The minimum Gasteiger partial charge on any atom is -0.184 e. The molecule has 0 atom stereocenters. The molecule has 0 N–H and O–H groups in total. The van der Waals surface area contributed by atoms with Crippen LogP contribution in [0.1, 0.15) is 5.56 Å². The Morgan fingerprint density at radius 2 is 0.923 bits per heavy atom. The molecule has 0 heterocycles. The van der Waals surface area contributed by atoms with E-state index in [-0.39, 0.29) is 24.8 Å². The number of rotatable bonds is 0. The molecule has 0 spiro atoms. The van der Waals surface area contributed by atoms with Crippen LogP contribution in [0, 0.1) is 19.1 Å². The summed E-state index contributed by atoms with van der Waals surface area (Å²) in [7, 11) is 0. The van der Waals surface area contributed by atoms with Gasteiger partial charge in [-0.2, -0.15) is 78.9 Å². The second-order valence-corrected chi connectivity index (χ2v) is 8.14. The molecule has 0 aliphatic rings. The molecule has 0 amide bonds. The van der Waals surface area contributed by atoms with Crippen LogP contribution in [-0.4, -0.2) is 6.88 Å². The Hall–Kier alpha value is -2.74. The Labute approximate surface area is 261 Å². The van der Waals surface area contributed by atoms with Crippen molar-refractivity contribution >= 4 is 64.0 Å². The first-order valence-electron chi connectivity index (χ1n) is 12.0. The molecule has 0 aromatic heterocycles. The third-order valence-electron chi connectivity index (χ3n) is 5.50. The average Bonchev–Trinajstić information content (AvgIpc) is 3.56. The fourth-order valence-corrected chi connectivity index (χ4v) is 3.89. The Morgan fingerprint density at radius 3 is 1.31 bits per heavy atom. The van der Waals surface area contributed by atoms with Gasteiger partial charge in [-0.1, -0.05) is 49.4 Å². The first-order chi connectivity index (χ1) is 18.3. The predicted octanol–water partition coefficient (Wildman–Crippen LogP) is 10.0. The van der Waals surface area contributed by atoms with Gasteiger partial charge in [-0.25, -0.2) is 0 Å². The van der Waals surface area contributed by atoms with Gasteiger partial charge >= 0.3 is 30.2 Å². The number of hydrogen-bond donors (Lipinski definition) is 0. The van der Waals surface area contributed by atoms with Gasteiger partial charge in [-0.05, 0) is 0 Å². The van der Waals surface area contributed by atoms with Crippen LogP contribution in [0.4, 0.5) is 0 Å². The van der Waals surface area contributed by atoms with Gasteiger partial charge in [-0.15, -0.1) is 105 Å². The van der Waals surface area contributed by atoms with E-state index in [1.807, 2.05) is 60.7 Å². The Bertz CT molecular complexity index is 1410. The topological polar surface area (TPSA) is 0 Å². The van der Waals surface area contributed by atoms with Crippen LogP contribution in [0.15, 0.2) is 152 Å². The zero-order valence-corrected chi connectivity index (χ0v) is 26.8. The van der Waals surface area contributed by atoms with Gasteiger partial charge in [0.2, 0.25) is 0 Å². The van der Waals surface area contributed by atoms with Crippen LogP contribution in [0.5, 0.6) is 0 Å². The molecule has 0 bridgehead atoms. The average molecular weight is 641 g/mol. The molecule has 0 nitrogen and oxygen atoms in total. The molecule has 7 aromatic carbocycles. The van der Waals surface area contributed by atoms with Gasteiger partial charge in [-0.3, -0.25) is 0 Å². The van der Waals surface area contributed by atoms with Gasteiger partial charge in [0.1, 0.15) is 0 Å². The number of fused-ring (bicyclic) bond motifs is 4. The fourth-order valence-electron chi connectivity index (χ4n) is 3.89. The van der Waals surface area contributed by atoms with Crippen molar-refractivity contribution < 1.29 is 23.3 Å². The number of hydrogen-bond acceptors (Lipinski definition) is 0. The maximum Gasteiger partial charge on any atom is -0.0771 e. The second-order valence-electron chi connectivity index (χ2n) is 8.14. The monoisotopic (exact) mass is 638 g/mol. The van der Waals surface area contributed by atoms with Crippen LogP contribution in [0.25, 0.3) is 32.3 Å². The number of aryl methyl sites for hydroxylation is 1. The van der Waals surface area contributed by atoms with Crippen molar-refractivity contribution in [2.24, 2.45) is 0 Å². The van der Waals surface area contributed by atoms with Gasteiger partial charge in [0.15, 0.2) is 0 Å². The molecule has 2 radical (unpaired) electrons. The Morgan fingerprint density at radius 1 is 0.513 bits per heavy atom. The first-order valence-corrected chi connectivity index (χ1v) is 16.2. The minimum absolute atomic E-state index is 0. The van der Waals surface area contributed by atoms with Crippen LogP contribution >= 0.6 is 24.8 Å². The van der Waals surface area contributed by atoms with Crippen molar-refractivity contribution in [3.63, 3.8) is 0 Å². The Kier molecular flexibility index (Phi) is 17.8. The molecule has 39 heavy (non-hydrogen) atoms.